The average Bonchev–Trinajstić information content (AvgIpc) is 2.39. The van der Waals surface area contributed by atoms with E-state index in [0.717, 1.165) is 18.4 Å². The first kappa shape index (κ1) is 16.6. The van der Waals surface area contributed by atoms with E-state index in [0.29, 0.717) is 12.5 Å². The summed E-state index contributed by atoms with van der Waals surface area (Å²) >= 11 is 0. The monoisotopic (exact) mass is 280 g/mol. The lowest BCUT2D eigenvalue weighted by atomic mass is 10.0. The number of aliphatic hydroxyl groups excluding tert-OH is 1. The second-order valence-corrected chi connectivity index (χ2v) is 5.50. The van der Waals surface area contributed by atoms with Crippen LogP contribution in [0.4, 0.5) is 5.69 Å². The summed E-state index contributed by atoms with van der Waals surface area (Å²) in [5.41, 5.74) is 0.990. The summed E-state index contributed by atoms with van der Waals surface area (Å²) in [4.78, 5) is 10.4. The van der Waals surface area contributed by atoms with Crippen LogP contribution in [0.3, 0.4) is 0 Å². The number of rotatable bonds is 8. The van der Waals surface area contributed by atoms with E-state index in [4.69, 9.17) is 0 Å². The summed E-state index contributed by atoms with van der Waals surface area (Å²) in [7, 11) is 0. The van der Waals surface area contributed by atoms with Gasteiger partial charge in [0.15, 0.2) is 0 Å². The number of benzene rings is 1. The molecule has 0 amide bonds. The standard InChI is InChI=1S/C15H24N2O3/c1-4-15(16-10-14(18)8-11(2)3)12-6-5-7-13(9-12)17(19)20/h5-7,9,11,14-16,18H,4,8,10H2,1-3H3. The molecule has 0 spiro atoms. The number of hydrogen-bond acceptors (Lipinski definition) is 4. The van der Waals surface area contributed by atoms with E-state index >= 15 is 0 Å². The van der Waals surface area contributed by atoms with Gasteiger partial charge in [0.2, 0.25) is 0 Å². The molecule has 0 aliphatic rings. The Morgan fingerprint density at radius 3 is 2.65 bits per heavy atom. The zero-order valence-electron chi connectivity index (χ0n) is 12.4. The topological polar surface area (TPSA) is 75.4 Å². The summed E-state index contributed by atoms with van der Waals surface area (Å²) < 4.78 is 0. The van der Waals surface area contributed by atoms with Crippen molar-refractivity contribution in [1.29, 1.82) is 0 Å². The molecule has 1 aromatic rings. The van der Waals surface area contributed by atoms with Crippen molar-refractivity contribution in [3.63, 3.8) is 0 Å². The highest BCUT2D eigenvalue weighted by atomic mass is 16.6. The number of nitrogens with zero attached hydrogens (tertiary/aromatic N) is 1. The van der Waals surface area contributed by atoms with Crippen LogP contribution < -0.4 is 5.32 Å². The van der Waals surface area contributed by atoms with Gasteiger partial charge in [-0.2, -0.15) is 0 Å². The van der Waals surface area contributed by atoms with Gasteiger partial charge in [0.1, 0.15) is 0 Å². The summed E-state index contributed by atoms with van der Waals surface area (Å²) in [6.07, 6.45) is 1.18. The van der Waals surface area contributed by atoms with Gasteiger partial charge in [-0.15, -0.1) is 0 Å². The summed E-state index contributed by atoms with van der Waals surface area (Å²) in [5.74, 6) is 0.449. The molecular weight excluding hydrogens is 256 g/mol. The van der Waals surface area contributed by atoms with Crippen molar-refractivity contribution >= 4 is 5.69 Å². The molecule has 0 aromatic heterocycles. The van der Waals surface area contributed by atoms with E-state index in [2.05, 4.69) is 19.2 Å². The fourth-order valence-electron chi connectivity index (χ4n) is 2.26. The quantitative estimate of drug-likeness (QED) is 0.567. The van der Waals surface area contributed by atoms with E-state index in [1.54, 1.807) is 12.1 Å². The number of hydrogen-bond donors (Lipinski definition) is 2. The summed E-state index contributed by atoms with van der Waals surface area (Å²) in [6, 6.07) is 6.68. The lowest BCUT2D eigenvalue weighted by Crippen LogP contribution is -2.31. The van der Waals surface area contributed by atoms with E-state index in [1.165, 1.54) is 6.07 Å². The molecule has 0 aliphatic heterocycles. The van der Waals surface area contributed by atoms with Gasteiger partial charge < -0.3 is 10.4 Å². The number of non-ortho nitro benzene ring substituents is 1. The van der Waals surface area contributed by atoms with Crippen LogP contribution in [0.25, 0.3) is 0 Å². The van der Waals surface area contributed by atoms with Crippen molar-refractivity contribution in [2.24, 2.45) is 5.92 Å². The molecule has 0 aliphatic carbocycles. The van der Waals surface area contributed by atoms with Crippen molar-refractivity contribution in [3.05, 3.63) is 39.9 Å². The van der Waals surface area contributed by atoms with Gasteiger partial charge >= 0.3 is 0 Å². The molecule has 0 saturated carbocycles. The summed E-state index contributed by atoms with van der Waals surface area (Å²) in [5, 5.41) is 24.0. The van der Waals surface area contributed by atoms with Crippen molar-refractivity contribution in [1.82, 2.24) is 5.32 Å². The highest BCUT2D eigenvalue weighted by molar-refractivity contribution is 5.35. The fourth-order valence-corrected chi connectivity index (χ4v) is 2.26. The minimum atomic E-state index is -0.386. The molecule has 5 heteroatoms. The van der Waals surface area contributed by atoms with E-state index in [9.17, 15) is 15.2 Å². The third kappa shape index (κ3) is 5.27. The average molecular weight is 280 g/mol. The van der Waals surface area contributed by atoms with Crippen molar-refractivity contribution < 1.29 is 10.0 Å². The number of nitro groups is 1. The first-order chi connectivity index (χ1) is 9.43. The van der Waals surface area contributed by atoms with Gasteiger partial charge in [-0.25, -0.2) is 0 Å². The summed E-state index contributed by atoms with van der Waals surface area (Å²) in [6.45, 7) is 6.66. The SMILES string of the molecule is CCC(NCC(O)CC(C)C)c1cccc([N+](=O)[O-])c1. The van der Waals surface area contributed by atoms with Crippen LogP contribution >= 0.6 is 0 Å². The Kier molecular flexibility index (Phi) is 6.61. The molecule has 0 fully saturated rings. The minimum Gasteiger partial charge on any atom is -0.392 e. The molecule has 2 N–H and O–H groups in total. The van der Waals surface area contributed by atoms with Crippen molar-refractivity contribution in [2.45, 2.75) is 45.8 Å². The largest absolute Gasteiger partial charge is 0.392 e. The first-order valence-electron chi connectivity index (χ1n) is 7.09. The predicted octanol–water partition coefficient (Wildman–Crippen LogP) is 3.04. The zero-order chi connectivity index (χ0) is 15.1. The van der Waals surface area contributed by atoms with E-state index in [1.807, 2.05) is 13.0 Å². The fraction of sp³-hybridized carbons (Fsp3) is 0.600. The Bertz CT molecular complexity index is 435. The van der Waals surface area contributed by atoms with Crippen LogP contribution in [0, 0.1) is 16.0 Å². The third-order valence-electron chi connectivity index (χ3n) is 3.24. The maximum Gasteiger partial charge on any atom is 0.269 e. The van der Waals surface area contributed by atoms with Crippen LogP contribution in [0.1, 0.15) is 45.2 Å². The van der Waals surface area contributed by atoms with Crippen LogP contribution in [0.5, 0.6) is 0 Å². The molecule has 2 unspecified atom stereocenters. The second-order valence-electron chi connectivity index (χ2n) is 5.50. The smallest absolute Gasteiger partial charge is 0.269 e. The Labute approximate surface area is 120 Å². The molecule has 0 saturated heterocycles. The third-order valence-corrected chi connectivity index (χ3v) is 3.24. The van der Waals surface area contributed by atoms with Gasteiger partial charge in [0, 0.05) is 24.7 Å². The maximum atomic E-state index is 10.8. The Balaban J connectivity index is 2.66. The minimum absolute atomic E-state index is 0.0247. The Hall–Kier alpha value is -1.46. The second kappa shape index (κ2) is 7.97. The van der Waals surface area contributed by atoms with Gasteiger partial charge in [-0.05, 0) is 24.3 Å². The number of aliphatic hydroxyl groups is 1. The normalized spacial score (nSPS) is 14.2. The predicted molar refractivity (Wildman–Crippen MR) is 79.6 cm³/mol. The van der Waals surface area contributed by atoms with Gasteiger partial charge in [0.25, 0.3) is 5.69 Å². The van der Waals surface area contributed by atoms with Crippen molar-refractivity contribution in [3.8, 4) is 0 Å². The first-order valence-corrected chi connectivity index (χ1v) is 7.09. The Morgan fingerprint density at radius 1 is 1.40 bits per heavy atom. The highest BCUT2D eigenvalue weighted by Crippen LogP contribution is 2.21. The molecule has 5 nitrogen and oxygen atoms in total. The molecule has 0 heterocycles. The molecule has 1 aromatic carbocycles. The lowest BCUT2D eigenvalue weighted by molar-refractivity contribution is -0.384. The molecular formula is C15H24N2O3. The molecule has 0 bridgehead atoms. The number of nitrogens with one attached hydrogen (secondary N) is 1. The van der Waals surface area contributed by atoms with Crippen LogP contribution in [-0.4, -0.2) is 22.7 Å². The molecule has 1 rings (SSSR count). The van der Waals surface area contributed by atoms with Gasteiger partial charge in [0.05, 0.1) is 11.0 Å². The van der Waals surface area contributed by atoms with Crippen LogP contribution in [-0.2, 0) is 0 Å². The van der Waals surface area contributed by atoms with Gasteiger partial charge in [-0.1, -0.05) is 32.9 Å². The van der Waals surface area contributed by atoms with E-state index < -0.39 is 0 Å². The van der Waals surface area contributed by atoms with Gasteiger partial charge in [-0.3, -0.25) is 10.1 Å². The maximum absolute atomic E-state index is 10.8. The van der Waals surface area contributed by atoms with Crippen LogP contribution in [0.15, 0.2) is 24.3 Å². The van der Waals surface area contributed by atoms with Crippen molar-refractivity contribution in [2.75, 3.05) is 6.54 Å². The zero-order valence-corrected chi connectivity index (χ0v) is 12.4. The molecule has 20 heavy (non-hydrogen) atoms. The highest BCUT2D eigenvalue weighted by Gasteiger charge is 2.15. The molecule has 0 radical (unpaired) electrons. The molecule has 112 valence electrons. The Morgan fingerprint density at radius 2 is 2.10 bits per heavy atom. The van der Waals surface area contributed by atoms with Crippen LogP contribution in [0.2, 0.25) is 0 Å². The molecule has 2 atom stereocenters. The van der Waals surface area contributed by atoms with E-state index in [-0.39, 0.29) is 22.8 Å². The number of nitro benzene ring substituents is 1. The lowest BCUT2D eigenvalue weighted by Gasteiger charge is -2.20.